The molecule has 0 aliphatic heterocycles. The first-order valence-corrected chi connectivity index (χ1v) is 4.41. The number of aliphatic hydroxyl groups is 1. The molecule has 1 aromatic rings. The maximum Gasteiger partial charge on any atom is 0.0776 e. The second kappa shape index (κ2) is 3.65. The number of hydrogen-bond acceptors (Lipinski definition) is 1. The first kappa shape index (κ1) is 9.85. The van der Waals surface area contributed by atoms with Gasteiger partial charge in [0.15, 0.2) is 0 Å². The van der Waals surface area contributed by atoms with Gasteiger partial charge in [0.05, 0.1) is 6.10 Å². The van der Waals surface area contributed by atoms with Crippen molar-refractivity contribution in [2.24, 2.45) is 0 Å². The van der Waals surface area contributed by atoms with Gasteiger partial charge in [-0.1, -0.05) is 29.3 Å². The second-order valence-corrected chi connectivity index (χ2v) is 3.61. The average Bonchev–Trinajstić information content (AvgIpc) is 1.96. The van der Waals surface area contributed by atoms with Crippen LogP contribution in [0.4, 0.5) is 0 Å². The summed E-state index contributed by atoms with van der Waals surface area (Å²) < 4.78 is 0. The van der Waals surface area contributed by atoms with Crippen LogP contribution in [-0.2, 0) is 0 Å². The third kappa shape index (κ3) is 1.92. The molecule has 0 bridgehead atoms. The van der Waals surface area contributed by atoms with Crippen LogP contribution in [0.15, 0.2) is 12.1 Å². The zero-order chi connectivity index (χ0) is 9.30. The number of halogens is 2. The number of aliphatic hydroxyl groups excluding tert-OH is 1. The van der Waals surface area contributed by atoms with Gasteiger partial charge >= 0.3 is 0 Å². The van der Waals surface area contributed by atoms with Gasteiger partial charge in [-0.15, -0.1) is 0 Å². The Labute approximate surface area is 81.9 Å². The van der Waals surface area contributed by atoms with Crippen molar-refractivity contribution in [3.63, 3.8) is 0 Å². The minimum Gasteiger partial charge on any atom is -0.389 e. The molecule has 1 unspecified atom stereocenters. The van der Waals surface area contributed by atoms with E-state index >= 15 is 0 Å². The van der Waals surface area contributed by atoms with Gasteiger partial charge < -0.3 is 5.11 Å². The van der Waals surface area contributed by atoms with Crippen LogP contribution >= 0.6 is 23.2 Å². The van der Waals surface area contributed by atoms with Crippen molar-refractivity contribution in [1.82, 2.24) is 0 Å². The van der Waals surface area contributed by atoms with Gasteiger partial charge in [0.25, 0.3) is 0 Å². The Bertz CT molecular complexity index is 295. The van der Waals surface area contributed by atoms with E-state index in [1.165, 1.54) is 0 Å². The molecule has 66 valence electrons. The average molecular weight is 205 g/mol. The van der Waals surface area contributed by atoms with E-state index in [1.807, 2.05) is 6.92 Å². The fourth-order valence-electron chi connectivity index (χ4n) is 1.000. The molecule has 12 heavy (non-hydrogen) atoms. The zero-order valence-corrected chi connectivity index (χ0v) is 8.45. The summed E-state index contributed by atoms with van der Waals surface area (Å²) in [5.74, 6) is 0. The molecule has 1 N–H and O–H groups in total. The van der Waals surface area contributed by atoms with E-state index in [9.17, 15) is 5.11 Å². The van der Waals surface area contributed by atoms with Crippen LogP contribution in [0.2, 0.25) is 10.0 Å². The lowest BCUT2D eigenvalue weighted by Crippen LogP contribution is -1.93. The second-order valence-electron chi connectivity index (χ2n) is 2.80. The Morgan fingerprint density at radius 2 is 1.83 bits per heavy atom. The first-order chi connectivity index (χ1) is 5.52. The van der Waals surface area contributed by atoms with Crippen LogP contribution in [0.5, 0.6) is 0 Å². The standard InChI is InChI=1S/C9H10Cl2O/c1-5-3-7(6(2)12)9(11)4-8(5)10/h3-4,6,12H,1-2H3. The lowest BCUT2D eigenvalue weighted by Gasteiger charge is -2.09. The van der Waals surface area contributed by atoms with Crippen molar-refractivity contribution in [3.05, 3.63) is 33.3 Å². The van der Waals surface area contributed by atoms with Crippen LogP contribution in [0, 0.1) is 6.92 Å². The highest BCUT2D eigenvalue weighted by Crippen LogP contribution is 2.28. The molecule has 0 aliphatic rings. The molecule has 0 fully saturated rings. The monoisotopic (exact) mass is 204 g/mol. The van der Waals surface area contributed by atoms with Crippen LogP contribution in [-0.4, -0.2) is 5.11 Å². The molecule has 0 aliphatic carbocycles. The molecule has 0 radical (unpaired) electrons. The predicted octanol–water partition coefficient (Wildman–Crippen LogP) is 3.36. The summed E-state index contributed by atoms with van der Waals surface area (Å²) in [6.45, 7) is 3.55. The summed E-state index contributed by atoms with van der Waals surface area (Å²) in [7, 11) is 0. The lowest BCUT2D eigenvalue weighted by atomic mass is 10.1. The summed E-state index contributed by atoms with van der Waals surface area (Å²) in [5.41, 5.74) is 1.65. The summed E-state index contributed by atoms with van der Waals surface area (Å²) in [4.78, 5) is 0. The maximum atomic E-state index is 9.29. The highest BCUT2D eigenvalue weighted by molar-refractivity contribution is 6.35. The van der Waals surface area contributed by atoms with Crippen molar-refractivity contribution < 1.29 is 5.11 Å². The summed E-state index contributed by atoms with van der Waals surface area (Å²) >= 11 is 11.7. The first-order valence-electron chi connectivity index (χ1n) is 3.66. The highest BCUT2D eigenvalue weighted by Gasteiger charge is 2.08. The van der Waals surface area contributed by atoms with Crippen molar-refractivity contribution in [1.29, 1.82) is 0 Å². The van der Waals surface area contributed by atoms with E-state index in [0.717, 1.165) is 11.1 Å². The molecule has 1 rings (SSSR count). The smallest absolute Gasteiger partial charge is 0.0776 e. The topological polar surface area (TPSA) is 20.2 Å². The molecule has 1 aromatic carbocycles. The van der Waals surface area contributed by atoms with Crippen LogP contribution in [0.25, 0.3) is 0 Å². The summed E-state index contributed by atoms with van der Waals surface area (Å²) in [6, 6.07) is 3.45. The molecule has 0 spiro atoms. The molecule has 1 nitrogen and oxygen atoms in total. The quantitative estimate of drug-likeness (QED) is 0.745. The Morgan fingerprint density at radius 1 is 1.25 bits per heavy atom. The number of rotatable bonds is 1. The Kier molecular flexibility index (Phi) is 2.99. The van der Waals surface area contributed by atoms with Gasteiger partial charge in [0.2, 0.25) is 0 Å². The predicted molar refractivity (Wildman–Crippen MR) is 51.8 cm³/mol. The molecule has 3 heteroatoms. The molecule has 0 saturated carbocycles. The molecular weight excluding hydrogens is 195 g/mol. The van der Waals surface area contributed by atoms with E-state index in [-0.39, 0.29) is 0 Å². The molecule has 0 aromatic heterocycles. The van der Waals surface area contributed by atoms with Crippen LogP contribution in [0.3, 0.4) is 0 Å². The van der Waals surface area contributed by atoms with Gasteiger partial charge in [-0.3, -0.25) is 0 Å². The number of aryl methyl sites for hydroxylation is 1. The maximum absolute atomic E-state index is 9.29. The van der Waals surface area contributed by atoms with Gasteiger partial charge in [0.1, 0.15) is 0 Å². The van der Waals surface area contributed by atoms with Crippen LogP contribution in [0.1, 0.15) is 24.2 Å². The van der Waals surface area contributed by atoms with E-state index in [2.05, 4.69) is 0 Å². The van der Waals surface area contributed by atoms with E-state index in [0.29, 0.717) is 10.0 Å². The van der Waals surface area contributed by atoms with E-state index in [1.54, 1.807) is 19.1 Å². The molecule has 1 atom stereocenters. The van der Waals surface area contributed by atoms with Crippen LogP contribution < -0.4 is 0 Å². The van der Waals surface area contributed by atoms with Gasteiger partial charge in [0, 0.05) is 10.0 Å². The van der Waals surface area contributed by atoms with E-state index < -0.39 is 6.10 Å². The lowest BCUT2D eigenvalue weighted by molar-refractivity contribution is 0.199. The summed E-state index contributed by atoms with van der Waals surface area (Å²) in [6.07, 6.45) is -0.548. The van der Waals surface area contributed by atoms with Crippen molar-refractivity contribution in [2.45, 2.75) is 20.0 Å². The number of hydrogen-bond donors (Lipinski definition) is 1. The third-order valence-corrected chi connectivity index (χ3v) is 2.46. The normalized spacial score (nSPS) is 13.1. The van der Waals surface area contributed by atoms with Gasteiger partial charge in [-0.05, 0) is 31.0 Å². The van der Waals surface area contributed by atoms with E-state index in [4.69, 9.17) is 23.2 Å². The number of benzene rings is 1. The molecule has 0 heterocycles. The fourth-order valence-corrected chi connectivity index (χ4v) is 1.54. The summed E-state index contributed by atoms with van der Waals surface area (Å²) in [5, 5.41) is 10.4. The van der Waals surface area contributed by atoms with Crippen molar-refractivity contribution in [2.75, 3.05) is 0 Å². The Morgan fingerprint density at radius 3 is 2.33 bits per heavy atom. The highest BCUT2D eigenvalue weighted by atomic mass is 35.5. The Balaban J connectivity index is 3.23. The van der Waals surface area contributed by atoms with Gasteiger partial charge in [-0.25, -0.2) is 0 Å². The molecule has 0 saturated heterocycles. The van der Waals surface area contributed by atoms with Crippen molar-refractivity contribution in [3.8, 4) is 0 Å². The van der Waals surface area contributed by atoms with Gasteiger partial charge in [-0.2, -0.15) is 0 Å². The fraction of sp³-hybridized carbons (Fsp3) is 0.333. The largest absolute Gasteiger partial charge is 0.389 e. The zero-order valence-electron chi connectivity index (χ0n) is 6.94. The van der Waals surface area contributed by atoms with Crippen molar-refractivity contribution >= 4 is 23.2 Å². The molecular formula is C9H10Cl2O. The minimum absolute atomic E-state index is 0.514. The SMILES string of the molecule is Cc1cc(C(C)O)c(Cl)cc1Cl. The third-order valence-electron chi connectivity index (χ3n) is 1.73. The molecule has 0 amide bonds. The minimum atomic E-state index is -0.548. The Hall–Kier alpha value is -0.240.